The number of hydrogen-bond acceptors (Lipinski definition) is 7. The van der Waals surface area contributed by atoms with Gasteiger partial charge in [-0.25, -0.2) is 17.8 Å². The number of benzene rings is 1. The molecule has 192 valence electrons. The molecule has 1 aromatic heterocycles. The highest BCUT2D eigenvalue weighted by atomic mass is 32.2. The predicted octanol–water partition coefficient (Wildman–Crippen LogP) is 2.50. The summed E-state index contributed by atoms with van der Waals surface area (Å²) in [4.78, 5) is 18.1. The van der Waals surface area contributed by atoms with Crippen molar-refractivity contribution in [1.29, 1.82) is 0 Å². The molecule has 1 aliphatic heterocycles. The standard InChI is InChI=1S/C22H26F4N4O4S/c1-12(13-4-6-16(17(23)8-13)19(27)35(3,32)33)21(31)28-9-14-5-7-18(22(24,25)26)29-20(14)30-10-15(11-30)34-2/h4-8,12,15,19H,9-11,27H2,1-3H3,(H,28,31). The normalized spacial score (nSPS) is 16.5. The van der Waals surface area contributed by atoms with E-state index in [1.54, 1.807) is 4.90 Å². The molecule has 1 aromatic carbocycles. The first-order chi connectivity index (χ1) is 16.2. The Morgan fingerprint density at radius 1 is 1.29 bits per heavy atom. The minimum Gasteiger partial charge on any atom is -0.378 e. The first kappa shape index (κ1) is 26.8. The van der Waals surface area contributed by atoms with Crippen LogP contribution in [0, 0.1) is 5.82 Å². The summed E-state index contributed by atoms with van der Waals surface area (Å²) in [7, 11) is -2.21. The Balaban J connectivity index is 1.75. The molecule has 13 heteroatoms. The van der Waals surface area contributed by atoms with Gasteiger partial charge < -0.3 is 20.7 Å². The van der Waals surface area contributed by atoms with Crippen LogP contribution < -0.4 is 16.0 Å². The topological polar surface area (TPSA) is 115 Å². The molecule has 2 heterocycles. The molecule has 35 heavy (non-hydrogen) atoms. The SMILES string of the molecule is COC1CN(c2nc(C(F)(F)F)ccc2CNC(=O)C(C)c2ccc(C(N)S(C)(=O)=O)c(F)c2)C1. The lowest BCUT2D eigenvalue weighted by molar-refractivity contribution is -0.141. The van der Waals surface area contributed by atoms with Crippen LogP contribution >= 0.6 is 0 Å². The molecule has 1 amide bonds. The van der Waals surface area contributed by atoms with Gasteiger partial charge in [0.25, 0.3) is 0 Å². The number of anilines is 1. The summed E-state index contributed by atoms with van der Waals surface area (Å²) in [5.41, 5.74) is 4.99. The molecule has 3 N–H and O–H groups in total. The lowest BCUT2D eigenvalue weighted by Crippen LogP contribution is -2.52. The number of halogens is 4. The number of aromatic nitrogens is 1. The number of carbonyl (C=O) groups is 1. The summed E-state index contributed by atoms with van der Waals surface area (Å²) < 4.78 is 82.4. The molecule has 8 nitrogen and oxygen atoms in total. The number of alkyl halides is 3. The highest BCUT2D eigenvalue weighted by Gasteiger charge is 2.36. The lowest BCUT2D eigenvalue weighted by Gasteiger charge is -2.40. The average Bonchev–Trinajstić information content (AvgIpc) is 2.74. The fourth-order valence-corrected chi connectivity index (χ4v) is 4.22. The van der Waals surface area contributed by atoms with Gasteiger partial charge in [-0.1, -0.05) is 18.2 Å². The van der Waals surface area contributed by atoms with E-state index in [9.17, 15) is 30.8 Å². The highest BCUT2D eigenvalue weighted by Crippen LogP contribution is 2.32. The predicted molar refractivity (Wildman–Crippen MR) is 121 cm³/mol. The van der Waals surface area contributed by atoms with Gasteiger partial charge in [0.1, 0.15) is 22.7 Å². The summed E-state index contributed by atoms with van der Waals surface area (Å²) in [5, 5.41) is 1.11. The van der Waals surface area contributed by atoms with Crippen molar-refractivity contribution in [3.05, 3.63) is 58.5 Å². The van der Waals surface area contributed by atoms with E-state index in [0.29, 0.717) is 18.7 Å². The van der Waals surface area contributed by atoms with Crippen LogP contribution in [0.1, 0.15) is 40.6 Å². The van der Waals surface area contributed by atoms with E-state index in [1.807, 2.05) is 0 Å². The second-order valence-corrected chi connectivity index (χ2v) is 10.6. The zero-order chi connectivity index (χ0) is 26.1. The molecule has 2 atom stereocenters. The molecule has 0 bridgehead atoms. The van der Waals surface area contributed by atoms with Crippen LogP contribution in [-0.4, -0.2) is 51.9 Å². The second-order valence-electron chi connectivity index (χ2n) is 8.41. The average molecular weight is 519 g/mol. The number of pyridine rings is 1. The third-order valence-electron chi connectivity index (χ3n) is 5.87. The Hall–Kier alpha value is -2.77. The van der Waals surface area contributed by atoms with Gasteiger partial charge in [-0.2, -0.15) is 13.2 Å². The van der Waals surface area contributed by atoms with E-state index in [2.05, 4.69) is 10.3 Å². The number of ether oxygens (including phenoxy) is 1. The number of rotatable bonds is 8. The van der Waals surface area contributed by atoms with Crippen LogP contribution in [-0.2, 0) is 32.1 Å². The quantitative estimate of drug-likeness (QED) is 0.516. The van der Waals surface area contributed by atoms with Gasteiger partial charge >= 0.3 is 6.18 Å². The Morgan fingerprint density at radius 2 is 1.94 bits per heavy atom. The monoisotopic (exact) mass is 518 g/mol. The molecule has 3 rings (SSSR count). The number of nitrogens with two attached hydrogens (primary N) is 1. The maximum absolute atomic E-state index is 14.5. The zero-order valence-electron chi connectivity index (χ0n) is 19.3. The lowest BCUT2D eigenvalue weighted by atomic mass is 9.98. The number of hydrogen-bond donors (Lipinski definition) is 2. The summed E-state index contributed by atoms with van der Waals surface area (Å²) in [5.74, 6) is -2.10. The summed E-state index contributed by atoms with van der Waals surface area (Å²) in [6.45, 7) is 2.15. The minimum atomic E-state index is -4.62. The molecule has 2 aromatic rings. The van der Waals surface area contributed by atoms with Crippen LogP contribution in [0.25, 0.3) is 0 Å². The van der Waals surface area contributed by atoms with Crippen LogP contribution in [0.3, 0.4) is 0 Å². The third kappa shape index (κ3) is 6.08. The molecule has 1 fully saturated rings. The van der Waals surface area contributed by atoms with E-state index in [4.69, 9.17) is 10.5 Å². The van der Waals surface area contributed by atoms with Crippen LogP contribution in [0.2, 0.25) is 0 Å². The van der Waals surface area contributed by atoms with Gasteiger partial charge in [0.05, 0.1) is 12.0 Å². The van der Waals surface area contributed by atoms with Crippen molar-refractivity contribution in [2.24, 2.45) is 5.73 Å². The number of sulfone groups is 1. The van der Waals surface area contributed by atoms with Crippen molar-refractivity contribution < 1.29 is 35.5 Å². The van der Waals surface area contributed by atoms with Crippen LogP contribution in [0.15, 0.2) is 30.3 Å². The number of carbonyl (C=O) groups excluding carboxylic acids is 1. The molecule has 2 unspecified atom stereocenters. The Labute approximate surface area is 200 Å². The van der Waals surface area contributed by atoms with Gasteiger partial charge in [0.15, 0.2) is 9.84 Å². The zero-order valence-corrected chi connectivity index (χ0v) is 20.1. The first-order valence-electron chi connectivity index (χ1n) is 10.6. The van der Waals surface area contributed by atoms with Crippen molar-refractivity contribution in [3.63, 3.8) is 0 Å². The summed E-state index contributed by atoms with van der Waals surface area (Å²) in [6.07, 6.45) is -3.85. The third-order valence-corrected chi connectivity index (χ3v) is 7.04. The maximum atomic E-state index is 14.5. The largest absolute Gasteiger partial charge is 0.433 e. The Kier molecular flexibility index (Phi) is 7.72. The van der Waals surface area contributed by atoms with Gasteiger partial charge in [-0.15, -0.1) is 0 Å². The van der Waals surface area contributed by atoms with Crippen LogP contribution in [0.4, 0.5) is 23.4 Å². The van der Waals surface area contributed by atoms with Gasteiger partial charge in [-0.3, -0.25) is 4.79 Å². The van der Waals surface area contributed by atoms with Gasteiger partial charge in [0.2, 0.25) is 5.91 Å². The minimum absolute atomic E-state index is 0.0999. The van der Waals surface area contributed by atoms with Crippen molar-refractivity contribution in [2.75, 3.05) is 31.4 Å². The van der Waals surface area contributed by atoms with Crippen molar-refractivity contribution in [3.8, 4) is 0 Å². The summed E-state index contributed by atoms with van der Waals surface area (Å²) in [6, 6.07) is 5.77. The fourth-order valence-electron chi connectivity index (χ4n) is 3.57. The fraction of sp³-hybridized carbons (Fsp3) is 0.455. The molecule has 1 saturated heterocycles. The molecule has 0 aliphatic carbocycles. The van der Waals surface area contributed by atoms with E-state index in [0.717, 1.165) is 18.4 Å². The molecule has 1 aliphatic rings. The molecular weight excluding hydrogens is 492 g/mol. The smallest absolute Gasteiger partial charge is 0.378 e. The number of methoxy groups -OCH3 is 1. The summed E-state index contributed by atoms with van der Waals surface area (Å²) >= 11 is 0. The van der Waals surface area contributed by atoms with E-state index >= 15 is 0 Å². The van der Waals surface area contributed by atoms with E-state index in [-0.39, 0.29) is 29.6 Å². The Bertz CT molecular complexity index is 1200. The van der Waals surface area contributed by atoms with Crippen molar-refractivity contribution in [2.45, 2.75) is 37.0 Å². The number of amides is 1. The molecule has 0 saturated carbocycles. The molecular formula is C22H26F4N4O4S. The maximum Gasteiger partial charge on any atom is 0.433 e. The van der Waals surface area contributed by atoms with E-state index < -0.39 is 44.7 Å². The number of nitrogens with zero attached hydrogens (tertiary/aromatic N) is 2. The first-order valence-corrected chi connectivity index (χ1v) is 12.5. The highest BCUT2D eigenvalue weighted by molar-refractivity contribution is 7.90. The molecule has 0 radical (unpaired) electrons. The van der Waals surface area contributed by atoms with Crippen LogP contribution in [0.5, 0.6) is 0 Å². The molecule has 0 spiro atoms. The van der Waals surface area contributed by atoms with Gasteiger partial charge in [-0.05, 0) is 24.6 Å². The van der Waals surface area contributed by atoms with Gasteiger partial charge in [0, 0.05) is 44.1 Å². The van der Waals surface area contributed by atoms with Crippen molar-refractivity contribution >= 4 is 21.6 Å². The van der Waals surface area contributed by atoms with E-state index in [1.165, 1.54) is 32.2 Å². The van der Waals surface area contributed by atoms with Crippen molar-refractivity contribution in [1.82, 2.24) is 10.3 Å². The second kappa shape index (κ2) is 10.1. The number of nitrogens with one attached hydrogen (secondary N) is 1. The Morgan fingerprint density at radius 3 is 2.49 bits per heavy atom.